The van der Waals surface area contributed by atoms with Crippen LogP contribution in [0.25, 0.3) is 0 Å². The lowest BCUT2D eigenvalue weighted by atomic mass is 10.1. The van der Waals surface area contributed by atoms with Crippen LogP contribution in [0, 0.1) is 6.92 Å². The number of rotatable bonds is 4. The summed E-state index contributed by atoms with van der Waals surface area (Å²) in [5.74, 6) is -1.05. The van der Waals surface area contributed by atoms with Crippen molar-refractivity contribution in [3.05, 3.63) is 23.8 Å². The molecule has 2 N–H and O–H groups in total. The Hall–Kier alpha value is -2.18. The first-order valence-electron chi connectivity index (χ1n) is 6.18. The first-order valence-corrected chi connectivity index (χ1v) is 6.18. The Morgan fingerprint density at radius 1 is 1.35 bits per heavy atom. The van der Waals surface area contributed by atoms with Crippen molar-refractivity contribution in [2.75, 3.05) is 0 Å². The number of hydrogen-bond donors (Lipinski definition) is 2. The third-order valence-electron chi connectivity index (χ3n) is 2.32. The van der Waals surface area contributed by atoms with Crippen molar-refractivity contribution in [2.45, 2.75) is 45.8 Å². The summed E-state index contributed by atoms with van der Waals surface area (Å²) in [6.45, 7) is 6.89. The minimum Gasteiger partial charge on any atom is -0.481 e. The summed E-state index contributed by atoms with van der Waals surface area (Å²) in [4.78, 5) is 30.8. The molecule has 0 fully saturated rings. The van der Waals surface area contributed by atoms with Crippen molar-refractivity contribution in [3.8, 4) is 0 Å². The van der Waals surface area contributed by atoms with Crippen LogP contribution in [0.3, 0.4) is 0 Å². The number of nitrogens with zero attached hydrogens (tertiary/aromatic N) is 2. The van der Waals surface area contributed by atoms with Gasteiger partial charge in [-0.25, -0.2) is 4.79 Å². The number of carboxylic acid groups (broad SMARTS) is 1. The van der Waals surface area contributed by atoms with E-state index in [1.807, 2.05) is 0 Å². The van der Waals surface area contributed by atoms with Crippen LogP contribution in [0.5, 0.6) is 0 Å². The van der Waals surface area contributed by atoms with Gasteiger partial charge in [-0.1, -0.05) is 0 Å². The smallest absolute Gasteiger partial charge is 0.408 e. The molecule has 0 aliphatic carbocycles. The molecule has 1 heterocycles. The number of carbonyl (C=O) groups excluding carboxylic acids is 1. The Morgan fingerprint density at radius 3 is 2.45 bits per heavy atom. The molecule has 1 amide bonds. The fourth-order valence-electron chi connectivity index (χ4n) is 1.60. The van der Waals surface area contributed by atoms with Crippen molar-refractivity contribution in [1.82, 2.24) is 15.3 Å². The molecule has 1 aromatic heterocycles. The van der Waals surface area contributed by atoms with Gasteiger partial charge in [0.25, 0.3) is 0 Å². The summed E-state index contributed by atoms with van der Waals surface area (Å²) in [5, 5.41) is 11.5. The lowest BCUT2D eigenvalue weighted by Gasteiger charge is -2.23. The van der Waals surface area contributed by atoms with E-state index in [0.717, 1.165) is 0 Å². The van der Waals surface area contributed by atoms with E-state index in [9.17, 15) is 9.59 Å². The van der Waals surface area contributed by atoms with Crippen LogP contribution in [0.15, 0.2) is 12.4 Å². The van der Waals surface area contributed by atoms with Gasteiger partial charge in [0, 0.05) is 12.4 Å². The number of ether oxygens (including phenoxy) is 1. The molecule has 110 valence electrons. The molecule has 1 rings (SSSR count). The summed E-state index contributed by atoms with van der Waals surface area (Å²) in [5.41, 5.74) is 0.325. The predicted molar refractivity (Wildman–Crippen MR) is 71.1 cm³/mol. The molecular weight excluding hydrogens is 262 g/mol. The Balaban J connectivity index is 2.88. The first kappa shape index (κ1) is 15.9. The molecule has 0 aliphatic heterocycles. The summed E-state index contributed by atoms with van der Waals surface area (Å²) >= 11 is 0. The maximum atomic E-state index is 11.8. The molecule has 1 aromatic rings. The van der Waals surface area contributed by atoms with Crippen LogP contribution >= 0.6 is 0 Å². The molecular formula is C13H19N3O4. The van der Waals surface area contributed by atoms with Gasteiger partial charge in [-0.15, -0.1) is 0 Å². The quantitative estimate of drug-likeness (QED) is 0.873. The van der Waals surface area contributed by atoms with E-state index in [1.54, 1.807) is 27.7 Å². The number of aromatic nitrogens is 2. The highest BCUT2D eigenvalue weighted by Crippen LogP contribution is 2.18. The number of aryl methyl sites for hydroxylation is 1. The highest BCUT2D eigenvalue weighted by molar-refractivity contribution is 5.72. The summed E-state index contributed by atoms with van der Waals surface area (Å²) < 4.78 is 5.12. The number of amides is 1. The summed E-state index contributed by atoms with van der Waals surface area (Å²) in [6, 6.07) is -0.781. The van der Waals surface area contributed by atoms with E-state index in [1.165, 1.54) is 12.4 Å². The third-order valence-corrected chi connectivity index (χ3v) is 2.32. The van der Waals surface area contributed by atoms with Crippen molar-refractivity contribution in [2.24, 2.45) is 0 Å². The van der Waals surface area contributed by atoms with Gasteiger partial charge in [0.2, 0.25) is 0 Å². The van der Waals surface area contributed by atoms with Crippen molar-refractivity contribution in [3.63, 3.8) is 0 Å². The monoisotopic (exact) mass is 281 g/mol. The van der Waals surface area contributed by atoms with Crippen LogP contribution < -0.4 is 5.32 Å². The van der Waals surface area contributed by atoms with Gasteiger partial charge in [0.15, 0.2) is 0 Å². The van der Waals surface area contributed by atoms with Gasteiger partial charge in [-0.05, 0) is 27.7 Å². The third kappa shape index (κ3) is 5.21. The molecule has 0 aromatic carbocycles. The minimum atomic E-state index is -1.05. The van der Waals surface area contributed by atoms with Crippen LogP contribution in [0.2, 0.25) is 0 Å². The number of carbonyl (C=O) groups is 2. The topological polar surface area (TPSA) is 101 Å². The maximum Gasteiger partial charge on any atom is 0.408 e. The Kier molecular flexibility index (Phi) is 5.01. The molecule has 0 spiro atoms. The van der Waals surface area contributed by atoms with E-state index in [2.05, 4.69) is 15.3 Å². The highest BCUT2D eigenvalue weighted by Gasteiger charge is 2.24. The number of aliphatic carboxylic acids is 1. The number of alkyl carbamates (subject to hydrolysis) is 1. The maximum absolute atomic E-state index is 11.8. The molecule has 0 saturated heterocycles. The summed E-state index contributed by atoms with van der Waals surface area (Å²) in [7, 11) is 0. The second-order valence-corrected chi connectivity index (χ2v) is 5.32. The lowest BCUT2D eigenvalue weighted by Crippen LogP contribution is -2.36. The van der Waals surface area contributed by atoms with Gasteiger partial charge in [0.1, 0.15) is 5.60 Å². The van der Waals surface area contributed by atoms with E-state index < -0.39 is 23.7 Å². The fourth-order valence-corrected chi connectivity index (χ4v) is 1.60. The van der Waals surface area contributed by atoms with E-state index in [-0.39, 0.29) is 6.42 Å². The Morgan fingerprint density at radius 2 is 1.95 bits per heavy atom. The van der Waals surface area contributed by atoms with Gasteiger partial charge < -0.3 is 15.2 Å². The molecule has 0 unspecified atom stereocenters. The molecule has 7 nitrogen and oxygen atoms in total. The predicted octanol–water partition coefficient (Wildman–Crippen LogP) is 1.83. The highest BCUT2D eigenvalue weighted by atomic mass is 16.6. The minimum absolute atomic E-state index is 0.293. The van der Waals surface area contributed by atoms with E-state index >= 15 is 0 Å². The number of hydrogen-bond acceptors (Lipinski definition) is 5. The first-order chi connectivity index (χ1) is 9.19. The van der Waals surface area contributed by atoms with Gasteiger partial charge in [-0.2, -0.15) is 0 Å². The zero-order valence-electron chi connectivity index (χ0n) is 12.0. The van der Waals surface area contributed by atoms with Crippen LogP contribution in [0.4, 0.5) is 4.79 Å². The van der Waals surface area contributed by atoms with Crippen LogP contribution in [-0.2, 0) is 9.53 Å². The number of carboxylic acids is 1. The average molecular weight is 281 g/mol. The molecule has 7 heteroatoms. The largest absolute Gasteiger partial charge is 0.481 e. The van der Waals surface area contributed by atoms with Gasteiger partial charge in [-0.3, -0.25) is 14.8 Å². The molecule has 20 heavy (non-hydrogen) atoms. The molecule has 0 saturated carbocycles. The van der Waals surface area contributed by atoms with Gasteiger partial charge in [0.05, 0.1) is 23.9 Å². The zero-order valence-corrected chi connectivity index (χ0v) is 12.0. The van der Waals surface area contributed by atoms with Crippen molar-refractivity contribution >= 4 is 12.1 Å². The fraction of sp³-hybridized carbons (Fsp3) is 0.538. The SMILES string of the molecule is Cc1nccnc1[C@@H](CC(=O)O)NC(=O)OC(C)(C)C. The molecule has 1 atom stereocenters. The Bertz CT molecular complexity index is 497. The molecule has 0 bridgehead atoms. The van der Waals surface area contributed by atoms with Crippen LogP contribution in [0.1, 0.15) is 44.6 Å². The lowest BCUT2D eigenvalue weighted by molar-refractivity contribution is -0.137. The van der Waals surface area contributed by atoms with Crippen molar-refractivity contribution in [1.29, 1.82) is 0 Å². The molecule has 0 radical (unpaired) electrons. The second-order valence-electron chi connectivity index (χ2n) is 5.32. The number of nitrogens with one attached hydrogen (secondary N) is 1. The normalized spacial score (nSPS) is 12.6. The van der Waals surface area contributed by atoms with Crippen molar-refractivity contribution < 1.29 is 19.4 Å². The van der Waals surface area contributed by atoms with E-state index in [4.69, 9.17) is 9.84 Å². The van der Waals surface area contributed by atoms with Gasteiger partial charge >= 0.3 is 12.1 Å². The zero-order chi connectivity index (χ0) is 15.3. The standard InChI is InChI=1S/C13H19N3O4/c1-8-11(15-6-5-14-8)9(7-10(17)18)16-12(19)20-13(2,3)4/h5-6,9H,7H2,1-4H3,(H,16,19)(H,17,18)/t9-/m1/s1. The van der Waals surface area contributed by atoms with Crippen LogP contribution in [-0.4, -0.2) is 32.7 Å². The Labute approximate surface area is 117 Å². The van der Waals surface area contributed by atoms with E-state index in [0.29, 0.717) is 11.4 Å². The molecule has 0 aliphatic rings. The second kappa shape index (κ2) is 6.31. The average Bonchev–Trinajstić information content (AvgIpc) is 2.25. The summed E-state index contributed by atoms with van der Waals surface area (Å²) in [6.07, 6.45) is 1.98.